The Labute approximate surface area is 133 Å². The highest BCUT2D eigenvalue weighted by Gasteiger charge is 2.17. The molecule has 120 valence electrons. The van der Waals surface area contributed by atoms with Crippen molar-refractivity contribution in [3.8, 4) is 0 Å². The fourth-order valence-corrected chi connectivity index (χ4v) is 2.96. The quantitative estimate of drug-likeness (QED) is 0.785. The van der Waals surface area contributed by atoms with Crippen molar-refractivity contribution in [1.82, 2.24) is 9.47 Å². The Hall–Kier alpha value is -1.77. The molecule has 0 saturated heterocycles. The Morgan fingerprint density at radius 1 is 1.27 bits per heavy atom. The number of amides is 1. The Morgan fingerprint density at radius 3 is 2.59 bits per heavy atom. The number of rotatable bonds is 6. The molecule has 0 saturated carbocycles. The number of hydrogen-bond donors (Lipinski definition) is 0. The number of likely N-dealkylation sites (N-methyl/N-ethyl adjacent to an activating group) is 1. The van der Waals surface area contributed by atoms with E-state index in [1.165, 1.54) is 16.5 Å². The van der Waals surface area contributed by atoms with E-state index in [4.69, 9.17) is 0 Å². The lowest BCUT2D eigenvalue weighted by atomic mass is 9.95. The van der Waals surface area contributed by atoms with E-state index in [0.717, 1.165) is 24.9 Å². The van der Waals surface area contributed by atoms with Gasteiger partial charge in [0.1, 0.15) is 0 Å². The summed E-state index contributed by atoms with van der Waals surface area (Å²) < 4.78 is 2.34. The van der Waals surface area contributed by atoms with Crippen molar-refractivity contribution in [1.29, 1.82) is 0 Å². The van der Waals surface area contributed by atoms with Crippen LogP contribution in [0.25, 0.3) is 10.9 Å². The normalized spacial score (nSPS) is 12.6. The molecule has 1 aromatic heterocycles. The van der Waals surface area contributed by atoms with Crippen molar-refractivity contribution in [2.24, 2.45) is 0 Å². The molecule has 1 unspecified atom stereocenters. The third kappa shape index (κ3) is 3.18. The van der Waals surface area contributed by atoms with Gasteiger partial charge in [0, 0.05) is 32.2 Å². The van der Waals surface area contributed by atoms with E-state index in [-0.39, 0.29) is 5.91 Å². The molecule has 1 amide bonds. The van der Waals surface area contributed by atoms with Crippen molar-refractivity contribution in [2.45, 2.75) is 52.5 Å². The van der Waals surface area contributed by atoms with Crippen LogP contribution in [0.15, 0.2) is 24.4 Å². The van der Waals surface area contributed by atoms with Gasteiger partial charge in [0.25, 0.3) is 0 Å². The molecule has 0 fully saturated rings. The number of aryl methyl sites for hydroxylation is 1. The van der Waals surface area contributed by atoms with Crippen molar-refractivity contribution < 1.29 is 4.79 Å². The number of carbonyl (C=O) groups is 1. The first kappa shape index (κ1) is 16.6. The maximum Gasteiger partial charge on any atom is 0.226 e. The molecule has 3 nitrogen and oxygen atoms in total. The van der Waals surface area contributed by atoms with Crippen LogP contribution in [0.4, 0.5) is 0 Å². The number of hydrogen-bond acceptors (Lipinski definition) is 1. The van der Waals surface area contributed by atoms with Gasteiger partial charge in [0.15, 0.2) is 0 Å². The highest BCUT2D eigenvalue weighted by molar-refractivity contribution is 5.91. The second kappa shape index (κ2) is 6.99. The highest BCUT2D eigenvalue weighted by Crippen LogP contribution is 2.31. The average Bonchev–Trinajstić information content (AvgIpc) is 2.85. The topological polar surface area (TPSA) is 25.2 Å². The number of para-hydroxylation sites is 1. The molecule has 0 spiro atoms. The van der Waals surface area contributed by atoms with Gasteiger partial charge < -0.3 is 9.47 Å². The Morgan fingerprint density at radius 2 is 2.00 bits per heavy atom. The lowest BCUT2D eigenvalue weighted by Crippen LogP contribution is -2.23. The standard InChI is InChI=1S/C19H28N2O/c1-6-11-21-13-15(12-18(22)20(4)5)17-10-8-9-16(19(17)21)14(3)7-2/h8-10,13-14H,6-7,11-12H2,1-5H3. The molecule has 0 N–H and O–H groups in total. The Balaban J connectivity index is 2.57. The zero-order chi connectivity index (χ0) is 16.3. The first-order valence-corrected chi connectivity index (χ1v) is 8.30. The molecule has 2 aromatic rings. The molecule has 1 atom stereocenters. The summed E-state index contributed by atoms with van der Waals surface area (Å²) in [4.78, 5) is 13.8. The molecule has 0 radical (unpaired) electrons. The minimum atomic E-state index is 0.157. The fourth-order valence-electron chi connectivity index (χ4n) is 2.96. The summed E-state index contributed by atoms with van der Waals surface area (Å²) in [5, 5.41) is 1.24. The van der Waals surface area contributed by atoms with Crippen LogP contribution >= 0.6 is 0 Å². The van der Waals surface area contributed by atoms with E-state index < -0.39 is 0 Å². The van der Waals surface area contributed by atoms with Crippen LogP contribution in [0.5, 0.6) is 0 Å². The summed E-state index contributed by atoms with van der Waals surface area (Å²) in [5.74, 6) is 0.691. The first-order chi connectivity index (χ1) is 10.5. The van der Waals surface area contributed by atoms with Gasteiger partial charge in [-0.1, -0.05) is 39.0 Å². The molecule has 3 heteroatoms. The smallest absolute Gasteiger partial charge is 0.226 e. The zero-order valence-electron chi connectivity index (χ0n) is 14.5. The van der Waals surface area contributed by atoms with Crippen molar-refractivity contribution in [3.05, 3.63) is 35.5 Å². The number of benzene rings is 1. The van der Waals surface area contributed by atoms with Gasteiger partial charge in [-0.05, 0) is 29.9 Å². The fraction of sp³-hybridized carbons (Fsp3) is 0.526. The highest BCUT2D eigenvalue weighted by atomic mass is 16.2. The second-order valence-electron chi connectivity index (χ2n) is 6.37. The summed E-state index contributed by atoms with van der Waals surface area (Å²) in [6, 6.07) is 6.52. The predicted octanol–water partition coefficient (Wildman–Crippen LogP) is 4.20. The van der Waals surface area contributed by atoms with E-state index in [9.17, 15) is 4.79 Å². The largest absolute Gasteiger partial charge is 0.349 e. The summed E-state index contributed by atoms with van der Waals surface area (Å²) in [6.45, 7) is 7.71. The summed E-state index contributed by atoms with van der Waals surface area (Å²) in [6.07, 6.45) is 4.88. The van der Waals surface area contributed by atoms with Crippen molar-refractivity contribution >= 4 is 16.8 Å². The van der Waals surface area contributed by atoms with E-state index in [1.807, 2.05) is 14.1 Å². The zero-order valence-corrected chi connectivity index (χ0v) is 14.5. The van der Waals surface area contributed by atoms with Gasteiger partial charge in [0.2, 0.25) is 5.91 Å². The van der Waals surface area contributed by atoms with Gasteiger partial charge in [-0.15, -0.1) is 0 Å². The van der Waals surface area contributed by atoms with Crippen LogP contribution in [-0.4, -0.2) is 29.5 Å². The van der Waals surface area contributed by atoms with E-state index >= 15 is 0 Å². The molecule has 2 rings (SSSR count). The monoisotopic (exact) mass is 300 g/mol. The Bertz CT molecular complexity index is 655. The Kier molecular flexibility index (Phi) is 5.28. The van der Waals surface area contributed by atoms with Gasteiger partial charge in [-0.3, -0.25) is 4.79 Å². The van der Waals surface area contributed by atoms with Crippen LogP contribution in [0.1, 0.15) is 50.7 Å². The lowest BCUT2D eigenvalue weighted by molar-refractivity contribution is -0.127. The van der Waals surface area contributed by atoms with Crippen LogP contribution in [-0.2, 0) is 17.8 Å². The van der Waals surface area contributed by atoms with Gasteiger partial charge in [0.05, 0.1) is 11.9 Å². The number of fused-ring (bicyclic) bond motifs is 1. The first-order valence-electron chi connectivity index (χ1n) is 8.30. The maximum atomic E-state index is 12.1. The molecular weight excluding hydrogens is 272 g/mol. The second-order valence-corrected chi connectivity index (χ2v) is 6.37. The van der Waals surface area contributed by atoms with E-state index in [1.54, 1.807) is 4.90 Å². The molecule has 1 aromatic carbocycles. The summed E-state index contributed by atoms with van der Waals surface area (Å²) in [7, 11) is 3.64. The predicted molar refractivity (Wildman–Crippen MR) is 93.3 cm³/mol. The summed E-state index contributed by atoms with van der Waals surface area (Å²) >= 11 is 0. The van der Waals surface area contributed by atoms with Gasteiger partial charge >= 0.3 is 0 Å². The average molecular weight is 300 g/mol. The minimum absolute atomic E-state index is 0.157. The molecule has 0 aliphatic heterocycles. The van der Waals surface area contributed by atoms with Crippen molar-refractivity contribution in [2.75, 3.05) is 14.1 Å². The van der Waals surface area contributed by atoms with Gasteiger partial charge in [-0.2, -0.15) is 0 Å². The van der Waals surface area contributed by atoms with E-state index in [2.05, 4.69) is 49.7 Å². The maximum absolute atomic E-state index is 12.1. The van der Waals surface area contributed by atoms with Gasteiger partial charge in [-0.25, -0.2) is 0 Å². The number of carbonyl (C=O) groups excluding carboxylic acids is 1. The minimum Gasteiger partial charge on any atom is -0.349 e. The number of aromatic nitrogens is 1. The molecule has 22 heavy (non-hydrogen) atoms. The summed E-state index contributed by atoms with van der Waals surface area (Å²) in [5.41, 5.74) is 3.87. The van der Waals surface area contributed by atoms with E-state index in [0.29, 0.717) is 12.3 Å². The van der Waals surface area contributed by atoms with Crippen LogP contribution in [0.2, 0.25) is 0 Å². The van der Waals surface area contributed by atoms with Crippen molar-refractivity contribution in [3.63, 3.8) is 0 Å². The third-order valence-corrected chi connectivity index (χ3v) is 4.46. The van der Waals surface area contributed by atoms with Crippen LogP contribution in [0, 0.1) is 0 Å². The molecular formula is C19H28N2O. The van der Waals surface area contributed by atoms with Crippen LogP contribution in [0.3, 0.4) is 0 Å². The molecule has 0 aliphatic carbocycles. The molecule has 0 bridgehead atoms. The SMILES string of the molecule is CCCn1cc(CC(=O)N(C)C)c2cccc(C(C)CC)c21. The number of nitrogens with zero attached hydrogens (tertiary/aromatic N) is 2. The molecule has 0 aliphatic rings. The third-order valence-electron chi connectivity index (χ3n) is 4.46. The molecule has 1 heterocycles. The lowest BCUT2D eigenvalue weighted by Gasteiger charge is -2.14. The van der Waals surface area contributed by atoms with Crippen LogP contribution < -0.4 is 0 Å².